The molecule has 3 aliphatic carbocycles. The molecule has 1 aliphatic heterocycles. The van der Waals surface area contributed by atoms with Crippen molar-refractivity contribution in [2.45, 2.75) is 164 Å². The molecule has 15 heteroatoms. The Morgan fingerprint density at radius 3 is 1.85 bits per heavy atom. The fourth-order valence-corrected chi connectivity index (χ4v) is 13.1. The van der Waals surface area contributed by atoms with E-state index in [9.17, 15) is 14.4 Å². The summed E-state index contributed by atoms with van der Waals surface area (Å²) in [6, 6.07) is 11.2. The van der Waals surface area contributed by atoms with Gasteiger partial charge in [0.05, 0.1) is 24.0 Å². The molecule has 4 heterocycles. The van der Waals surface area contributed by atoms with E-state index in [1.165, 1.54) is 0 Å². The summed E-state index contributed by atoms with van der Waals surface area (Å²) in [6.07, 6.45) is 16.6. The third-order valence-corrected chi connectivity index (χ3v) is 18.3. The van der Waals surface area contributed by atoms with Crippen molar-refractivity contribution < 1.29 is 28.4 Å². The lowest BCUT2D eigenvalue weighted by molar-refractivity contribution is -0.125. The number of hydrogen-bond donors (Lipinski definition) is 3. The molecule has 1 saturated heterocycles. The maximum absolute atomic E-state index is 14.6. The smallest absolute Gasteiger partial charge is 0.494 e. The lowest BCUT2D eigenvalue weighted by Gasteiger charge is -2.41. The molecule has 13 nitrogen and oxygen atoms in total. The number of rotatable bonds is 19. The van der Waals surface area contributed by atoms with E-state index in [4.69, 9.17) is 25.6 Å². The van der Waals surface area contributed by atoms with Crippen molar-refractivity contribution in [2.75, 3.05) is 37.2 Å². The molecule has 3 aromatic rings. The van der Waals surface area contributed by atoms with Gasteiger partial charge in [-0.15, -0.1) is 0 Å². The highest BCUT2D eigenvalue weighted by Crippen LogP contribution is 2.47. The zero-order valence-electron chi connectivity index (χ0n) is 46.1. The summed E-state index contributed by atoms with van der Waals surface area (Å²) >= 11 is 6.32. The second-order valence-electron chi connectivity index (χ2n) is 24.4. The van der Waals surface area contributed by atoms with Crippen LogP contribution in [0.3, 0.4) is 0 Å². The second kappa shape index (κ2) is 24.7. The Hall–Kier alpha value is -4.11. The van der Waals surface area contributed by atoms with Crippen LogP contribution in [-0.4, -0.2) is 77.1 Å². The zero-order valence-corrected chi connectivity index (χ0v) is 46.9. The van der Waals surface area contributed by atoms with Crippen molar-refractivity contribution in [1.29, 1.82) is 0 Å². The van der Waals surface area contributed by atoms with Crippen molar-refractivity contribution in [3.8, 4) is 5.75 Å². The summed E-state index contributed by atoms with van der Waals surface area (Å²) in [4.78, 5) is 58.4. The lowest BCUT2D eigenvalue weighted by atomic mass is 9.64. The number of nitrogens with zero attached hydrogens (tertiary/aromatic N) is 4. The van der Waals surface area contributed by atoms with Gasteiger partial charge in [-0.1, -0.05) is 97.2 Å². The molecule has 7 rings (SSSR count). The number of anilines is 3. The van der Waals surface area contributed by atoms with Crippen molar-refractivity contribution >= 4 is 59.2 Å². The number of carbonyl (C=O) groups excluding carboxylic acids is 3. The first-order chi connectivity index (χ1) is 34.6. The highest BCUT2D eigenvalue weighted by molar-refractivity contribution is 6.62. The van der Waals surface area contributed by atoms with Gasteiger partial charge in [-0.2, -0.15) is 0 Å². The van der Waals surface area contributed by atoms with Gasteiger partial charge in [-0.3, -0.25) is 19.4 Å². The predicted molar refractivity (Wildman–Crippen MR) is 294 cm³/mol. The fraction of sp³-hybridized carbons (Fsp3) is 0.690. The number of halogens is 1. The highest BCUT2D eigenvalue weighted by Gasteiger charge is 2.52. The van der Waals surface area contributed by atoms with Gasteiger partial charge in [-0.25, -0.2) is 9.97 Å². The van der Waals surface area contributed by atoms with E-state index in [1.54, 1.807) is 31.6 Å². The van der Waals surface area contributed by atoms with Crippen molar-refractivity contribution in [1.82, 2.24) is 19.9 Å². The molecule has 4 fully saturated rings. The summed E-state index contributed by atoms with van der Waals surface area (Å²) in [5, 5.41) is 9.85. The van der Waals surface area contributed by atoms with Crippen LogP contribution in [0.2, 0.25) is 5.15 Å². The Kier molecular flexibility index (Phi) is 19.2. The number of methoxy groups -OCH3 is 1. The maximum Gasteiger partial charge on any atom is 0.496 e. The Balaban J connectivity index is 0.984. The summed E-state index contributed by atoms with van der Waals surface area (Å²) in [6.45, 7) is 20.3. The number of hydrogen-bond acceptors (Lipinski definition) is 10. The van der Waals surface area contributed by atoms with Crippen LogP contribution in [0.15, 0.2) is 48.8 Å². The van der Waals surface area contributed by atoms with Crippen LogP contribution in [0.25, 0.3) is 0 Å². The monoisotopic (exact) mass is 1020 g/mol. The minimum atomic E-state index is -0.511. The topological polar surface area (TPSA) is 157 Å². The molecule has 4 aliphatic rings. The molecule has 3 amide bonds. The molecule has 0 spiro atoms. The molecule has 3 saturated carbocycles. The van der Waals surface area contributed by atoms with Crippen LogP contribution in [0.1, 0.15) is 151 Å². The molecule has 3 aromatic heterocycles. The van der Waals surface area contributed by atoms with Crippen LogP contribution in [0.4, 0.5) is 17.3 Å². The van der Waals surface area contributed by atoms with Gasteiger partial charge in [0, 0.05) is 47.8 Å². The van der Waals surface area contributed by atoms with Gasteiger partial charge in [0.1, 0.15) is 11.6 Å². The summed E-state index contributed by atoms with van der Waals surface area (Å²) < 4.78 is 17.7. The van der Waals surface area contributed by atoms with E-state index in [0.717, 1.165) is 100 Å². The average Bonchev–Trinajstić information content (AvgIpc) is 3.57. The number of carbonyl (C=O) groups is 3. The van der Waals surface area contributed by atoms with Crippen molar-refractivity contribution in [2.24, 2.45) is 71.0 Å². The zero-order chi connectivity index (χ0) is 52.8. The number of pyridine rings is 3. The molecule has 3 N–H and O–H groups in total. The molecule has 73 heavy (non-hydrogen) atoms. The third-order valence-electron chi connectivity index (χ3n) is 18.0. The van der Waals surface area contributed by atoms with Crippen molar-refractivity contribution in [3.63, 3.8) is 0 Å². The first-order valence-electron chi connectivity index (χ1n) is 27.7. The Labute approximate surface area is 442 Å². The number of amides is 3. The van der Waals surface area contributed by atoms with Gasteiger partial charge in [0.15, 0.2) is 10.9 Å². The molecule has 11 atom stereocenters. The number of ether oxygens (including phenoxy) is 1. The van der Waals surface area contributed by atoms with Crippen LogP contribution < -0.4 is 26.2 Å². The predicted octanol–water partition coefficient (Wildman–Crippen LogP) is 11.7. The molecule has 2 unspecified atom stereocenters. The van der Waals surface area contributed by atoms with E-state index in [2.05, 4.69) is 70.4 Å². The van der Waals surface area contributed by atoms with Gasteiger partial charge < -0.3 is 34.9 Å². The molecular weight excluding hydrogens is 937 g/mol. The minimum Gasteiger partial charge on any atom is -0.494 e. The molecule has 0 bridgehead atoms. The second-order valence-corrected chi connectivity index (χ2v) is 24.8. The summed E-state index contributed by atoms with van der Waals surface area (Å²) in [5.74, 6) is 4.54. The van der Waals surface area contributed by atoms with E-state index < -0.39 is 18.3 Å². The SMILES string of the molecule is COc1ccc(NC(=O)[C@@H]2C[C@H](C)CC[C@H]2C(C)CC[C@@H]2CC[C@@H](C(C)CC[C@@H]3CC[C@@H](C(C)C)[C@H](C(=O)Nc4ccc(B5OC(C)(C)C(C)(C)O5)cn4)C3)[C@H](C(=O)Nc3ccnc(CN(C)C)c3)C2)nc1Cl. The molecule has 0 radical (unpaired) electrons. The van der Waals surface area contributed by atoms with Crippen LogP contribution >= 0.6 is 11.6 Å². The van der Waals surface area contributed by atoms with Gasteiger partial charge >= 0.3 is 7.12 Å². The van der Waals surface area contributed by atoms with Crippen LogP contribution in [-0.2, 0) is 30.2 Å². The van der Waals surface area contributed by atoms with Gasteiger partial charge in [0.25, 0.3) is 0 Å². The fourth-order valence-electron chi connectivity index (χ4n) is 12.9. The third kappa shape index (κ3) is 14.4. The van der Waals surface area contributed by atoms with Crippen LogP contribution in [0.5, 0.6) is 5.75 Å². The van der Waals surface area contributed by atoms with E-state index in [1.807, 2.05) is 66.1 Å². The normalized spacial score (nSPS) is 27.8. The highest BCUT2D eigenvalue weighted by atomic mass is 35.5. The number of aromatic nitrogens is 3. The minimum absolute atomic E-state index is 0.0123. The van der Waals surface area contributed by atoms with Crippen LogP contribution in [0, 0.1) is 71.0 Å². The average molecular weight is 1020 g/mol. The van der Waals surface area contributed by atoms with E-state index in [0.29, 0.717) is 65.4 Å². The molecule has 400 valence electrons. The maximum atomic E-state index is 14.6. The van der Waals surface area contributed by atoms with Gasteiger partial charge in [-0.05, 0) is 164 Å². The quantitative estimate of drug-likeness (QED) is 0.0780. The first-order valence-corrected chi connectivity index (χ1v) is 28.0. The van der Waals surface area contributed by atoms with E-state index in [-0.39, 0.29) is 52.5 Å². The summed E-state index contributed by atoms with van der Waals surface area (Å²) in [7, 11) is 5.08. The standard InChI is InChI=1S/C58H87BClN7O6/c1-35(2)44-22-18-39(30-48(44)56(70)65-51-25-20-41(33-62-51)59-72-57(6,7)58(8,9)73-59)16-15-38(5)46-23-19-40(31-49(46)54(68)63-42-27-28-61-43(32-42)34-67(10)11)17-14-37(4)45-21-13-36(3)29-47(45)55(69)66-52-26-24-50(71-12)53(60)64-52/h20,24-28,32-33,35-40,44-49H,13-19,21-23,29-31,34H2,1-12H3,(H,61,63,68)(H,62,65,70)(H,64,66,69)/t36-,37?,38?,39-,40-,44+,45+,46+,47-,48-,49-/m1/s1. The largest absolute Gasteiger partial charge is 0.496 e. The molecular formula is C58H87BClN7O6. The van der Waals surface area contributed by atoms with E-state index >= 15 is 0 Å². The Morgan fingerprint density at radius 2 is 1.29 bits per heavy atom. The number of nitrogens with one attached hydrogen (secondary N) is 3. The summed E-state index contributed by atoms with van der Waals surface area (Å²) in [5.41, 5.74) is 1.65. The first kappa shape index (κ1) is 56.6. The lowest BCUT2D eigenvalue weighted by Crippen LogP contribution is -2.41. The van der Waals surface area contributed by atoms with Crippen molar-refractivity contribution in [3.05, 3.63) is 59.6 Å². The Bertz CT molecular complexity index is 2320. The molecule has 0 aromatic carbocycles. The Morgan fingerprint density at radius 1 is 0.740 bits per heavy atom. The van der Waals surface area contributed by atoms with Gasteiger partial charge in [0.2, 0.25) is 17.7 Å².